The molecular formula is C46H57N5O8S. The van der Waals surface area contributed by atoms with Crippen molar-refractivity contribution in [3.8, 4) is 11.6 Å². The van der Waals surface area contributed by atoms with Gasteiger partial charge < -0.3 is 24.2 Å². The maximum absolute atomic E-state index is 15.2. The highest BCUT2D eigenvalue weighted by Gasteiger charge is 2.61. The van der Waals surface area contributed by atoms with Crippen LogP contribution in [0.15, 0.2) is 60.8 Å². The number of carbonyl (C=O) groups excluding carboxylic acids is 4. The van der Waals surface area contributed by atoms with Gasteiger partial charge in [-0.1, -0.05) is 26.0 Å². The van der Waals surface area contributed by atoms with E-state index in [9.17, 15) is 22.8 Å². The molecule has 320 valence electrons. The van der Waals surface area contributed by atoms with Gasteiger partial charge in [0.2, 0.25) is 27.7 Å². The minimum Gasteiger partial charge on any atom is -0.489 e. The van der Waals surface area contributed by atoms with E-state index in [2.05, 4.69) is 21.5 Å². The third kappa shape index (κ3) is 8.36. The molecule has 60 heavy (non-hydrogen) atoms. The summed E-state index contributed by atoms with van der Waals surface area (Å²) in [5.74, 6) is -1.37. The molecule has 7 atom stereocenters. The van der Waals surface area contributed by atoms with Crippen LogP contribution in [0.5, 0.6) is 11.6 Å². The molecule has 0 bridgehead atoms. The molecule has 3 fully saturated rings. The van der Waals surface area contributed by atoms with Gasteiger partial charge in [0.15, 0.2) is 17.3 Å². The molecule has 2 aromatic carbocycles. The minimum atomic E-state index is -3.86. The first-order valence-electron chi connectivity index (χ1n) is 21.4. The number of likely N-dealkylation sites (N-methyl/N-ethyl adjacent to an activating group) is 1. The average molecular weight is 840 g/mol. The Balaban J connectivity index is 1.13. The van der Waals surface area contributed by atoms with Crippen molar-refractivity contribution < 1.29 is 37.1 Å². The van der Waals surface area contributed by atoms with Crippen molar-refractivity contribution in [2.24, 2.45) is 29.1 Å². The van der Waals surface area contributed by atoms with E-state index in [0.29, 0.717) is 43.7 Å². The lowest BCUT2D eigenvalue weighted by molar-refractivity contribution is -0.143. The standard InChI is InChI=1S/C46H57N5O8S/c1-28-8-6-7-9-31-25-46(31,45(55)48-60(56,57)34-14-15-34)26-41(53)39-23-33(59-43-36-16-17-38-42(35(36)18-19-47-43)58-21-20-50(38)5)27-51(39)44(54)37(29(2)22-28)24-40(52)30-10-12-32(13-11-30)49(3)4/h7,9-13,16-19,28-29,31,33-34,37,39H,6,8,14-15,20-27H2,1-5H3,(H,48,55)/b9-7-/t28-,29-,31-,33-,37+,39+,46-/m1/s1. The Bertz CT molecular complexity index is 2310. The largest absolute Gasteiger partial charge is 0.489 e. The number of pyridine rings is 1. The molecule has 14 heteroatoms. The molecule has 2 aliphatic carbocycles. The Kier molecular flexibility index (Phi) is 11.5. The van der Waals surface area contributed by atoms with E-state index in [1.165, 1.54) is 0 Å². The summed E-state index contributed by atoms with van der Waals surface area (Å²) in [5, 5.41) is 0.977. The van der Waals surface area contributed by atoms with E-state index < -0.39 is 44.7 Å². The Morgan fingerprint density at radius 2 is 1.78 bits per heavy atom. The van der Waals surface area contributed by atoms with Crippen LogP contribution >= 0.6 is 0 Å². The Morgan fingerprint density at radius 1 is 1.02 bits per heavy atom. The number of nitrogens with zero attached hydrogens (tertiary/aromatic N) is 4. The number of amides is 2. The molecule has 1 aromatic heterocycles. The topological polar surface area (TPSA) is 156 Å². The molecule has 2 saturated carbocycles. The fourth-order valence-electron chi connectivity index (χ4n) is 9.55. The normalized spacial score (nSPS) is 28.9. The van der Waals surface area contributed by atoms with Crippen LogP contribution in [0.1, 0.15) is 82.0 Å². The van der Waals surface area contributed by atoms with E-state index in [1.54, 1.807) is 23.2 Å². The number of nitrogens with one attached hydrogen (secondary N) is 1. The zero-order valence-corrected chi connectivity index (χ0v) is 36.1. The van der Waals surface area contributed by atoms with Crippen LogP contribution in [0.4, 0.5) is 11.4 Å². The number of benzene rings is 2. The maximum atomic E-state index is 15.2. The summed E-state index contributed by atoms with van der Waals surface area (Å²) >= 11 is 0. The fraction of sp³-hybridized carbons (Fsp3) is 0.543. The van der Waals surface area contributed by atoms with Crippen LogP contribution in [0, 0.1) is 29.1 Å². The summed E-state index contributed by atoms with van der Waals surface area (Å²) in [6.07, 6.45) is 8.48. The lowest BCUT2D eigenvalue weighted by Gasteiger charge is -2.32. The summed E-state index contributed by atoms with van der Waals surface area (Å²) in [6.45, 7) is 5.53. The molecule has 0 spiro atoms. The number of hydrogen-bond acceptors (Lipinski definition) is 11. The fourth-order valence-corrected chi connectivity index (χ4v) is 10.9. The molecule has 1 saturated heterocycles. The number of rotatable bonds is 9. The van der Waals surface area contributed by atoms with E-state index in [0.717, 1.165) is 47.3 Å². The summed E-state index contributed by atoms with van der Waals surface area (Å²) in [5.41, 5.74) is 1.17. The van der Waals surface area contributed by atoms with Crippen molar-refractivity contribution in [1.29, 1.82) is 0 Å². The number of anilines is 2. The van der Waals surface area contributed by atoms with Gasteiger partial charge in [-0.25, -0.2) is 13.4 Å². The van der Waals surface area contributed by atoms with Crippen LogP contribution in [-0.4, -0.2) is 99.9 Å². The van der Waals surface area contributed by atoms with Gasteiger partial charge in [0.1, 0.15) is 12.7 Å². The second kappa shape index (κ2) is 16.5. The smallest absolute Gasteiger partial charge is 0.240 e. The van der Waals surface area contributed by atoms with Crippen molar-refractivity contribution in [1.82, 2.24) is 14.6 Å². The summed E-state index contributed by atoms with van der Waals surface area (Å²) < 4.78 is 41.1. The Hall–Kier alpha value is -4.98. The van der Waals surface area contributed by atoms with Crippen LogP contribution in [0.3, 0.4) is 0 Å². The van der Waals surface area contributed by atoms with Crippen LogP contribution < -0.4 is 24.0 Å². The minimum absolute atomic E-state index is 0.0330. The molecule has 3 aliphatic heterocycles. The van der Waals surface area contributed by atoms with Crippen LogP contribution in [0.2, 0.25) is 0 Å². The number of Topliss-reactive ketones (excluding diaryl/α,β-unsaturated/α-hetero) is 2. The van der Waals surface area contributed by atoms with Crippen molar-refractivity contribution in [3.05, 3.63) is 66.4 Å². The van der Waals surface area contributed by atoms with Crippen molar-refractivity contribution >= 4 is 55.6 Å². The van der Waals surface area contributed by atoms with Crippen molar-refractivity contribution in [3.63, 3.8) is 0 Å². The monoisotopic (exact) mass is 839 g/mol. The third-order valence-electron chi connectivity index (χ3n) is 13.5. The van der Waals surface area contributed by atoms with Gasteiger partial charge in [0.25, 0.3) is 0 Å². The maximum Gasteiger partial charge on any atom is 0.240 e. The second-order valence-corrected chi connectivity index (χ2v) is 20.1. The number of fused-ring (bicyclic) bond motifs is 5. The predicted molar refractivity (Wildman–Crippen MR) is 230 cm³/mol. The van der Waals surface area contributed by atoms with Gasteiger partial charge >= 0.3 is 0 Å². The summed E-state index contributed by atoms with van der Waals surface area (Å²) in [6, 6.07) is 12.2. The molecule has 4 heterocycles. The highest BCUT2D eigenvalue weighted by Crippen LogP contribution is 2.57. The van der Waals surface area contributed by atoms with Gasteiger partial charge in [0, 0.05) is 74.5 Å². The molecule has 3 aromatic rings. The average Bonchev–Trinajstić information content (AvgIpc) is 4.15. The van der Waals surface area contributed by atoms with Gasteiger partial charge in [-0.05, 0) is 98.7 Å². The lowest BCUT2D eigenvalue weighted by Crippen LogP contribution is -2.47. The van der Waals surface area contributed by atoms with Gasteiger partial charge in [0.05, 0.1) is 35.5 Å². The van der Waals surface area contributed by atoms with Gasteiger partial charge in [-0.3, -0.25) is 23.9 Å². The highest BCUT2D eigenvalue weighted by molar-refractivity contribution is 7.90. The second-order valence-electron chi connectivity index (χ2n) is 18.2. The van der Waals surface area contributed by atoms with Crippen LogP contribution in [0.25, 0.3) is 10.8 Å². The third-order valence-corrected chi connectivity index (χ3v) is 15.3. The predicted octanol–water partition coefficient (Wildman–Crippen LogP) is 5.95. The Morgan fingerprint density at radius 3 is 2.52 bits per heavy atom. The Labute approximate surface area is 352 Å². The molecule has 5 aliphatic rings. The van der Waals surface area contributed by atoms with E-state index in [1.807, 2.05) is 75.5 Å². The number of aromatic nitrogens is 1. The number of ketones is 2. The van der Waals surface area contributed by atoms with Gasteiger partial charge in [-0.15, -0.1) is 0 Å². The molecule has 8 rings (SSSR count). The first kappa shape index (κ1) is 41.7. The number of allylic oxidation sites excluding steroid dienone is 2. The molecular weight excluding hydrogens is 783 g/mol. The number of ether oxygens (including phenoxy) is 2. The quantitative estimate of drug-likeness (QED) is 0.201. The SMILES string of the molecule is C[C@@H]1CC/C=C\[C@@H]2C[C@@]2(C(=O)NS(=O)(=O)C2CC2)CC(=O)[C@@H]2C[C@@H](Oc3nccc4c5c(ccc34)N(C)CCO5)CN2C(=O)[C@@H](CC(=O)c2ccc(N(C)C)cc2)[C@H](C)C1. The van der Waals surface area contributed by atoms with E-state index in [4.69, 9.17) is 9.47 Å². The number of sulfonamides is 1. The van der Waals surface area contributed by atoms with Crippen molar-refractivity contribution in [2.45, 2.75) is 89.0 Å². The zero-order valence-electron chi connectivity index (χ0n) is 35.3. The summed E-state index contributed by atoms with van der Waals surface area (Å²) in [4.78, 5) is 68.2. The van der Waals surface area contributed by atoms with E-state index in [-0.39, 0.29) is 61.0 Å². The molecule has 13 nitrogen and oxygen atoms in total. The lowest BCUT2D eigenvalue weighted by atomic mass is 9.80. The zero-order chi connectivity index (χ0) is 42.5. The highest BCUT2D eigenvalue weighted by atomic mass is 32.2. The van der Waals surface area contributed by atoms with Crippen molar-refractivity contribution in [2.75, 3.05) is 50.6 Å². The van der Waals surface area contributed by atoms with Crippen LogP contribution in [-0.2, 0) is 24.4 Å². The van der Waals surface area contributed by atoms with Gasteiger partial charge in [-0.2, -0.15) is 0 Å². The molecule has 2 amide bonds. The first-order chi connectivity index (χ1) is 28.6. The molecule has 0 unspecified atom stereocenters. The molecule has 0 radical (unpaired) electrons. The molecule has 1 N–H and O–H groups in total. The number of carbonyl (C=O) groups is 4. The number of hydrogen-bond donors (Lipinski definition) is 1. The summed E-state index contributed by atoms with van der Waals surface area (Å²) in [7, 11) is 2.02. The van der Waals surface area contributed by atoms with E-state index >= 15 is 4.79 Å². The first-order valence-corrected chi connectivity index (χ1v) is 23.0.